The molecule has 3 N–H and O–H groups in total. The van der Waals surface area contributed by atoms with Crippen LogP contribution in [0.25, 0.3) is 0 Å². The molecule has 0 aliphatic carbocycles. The van der Waals surface area contributed by atoms with Gasteiger partial charge in [-0.2, -0.15) is 0 Å². The number of furan rings is 1. The molecule has 2 rings (SSSR count). The molecule has 1 aromatic heterocycles. The van der Waals surface area contributed by atoms with Crippen LogP contribution in [0, 0.1) is 0 Å². The summed E-state index contributed by atoms with van der Waals surface area (Å²) in [5.74, 6) is 6.37. The third-order valence-corrected chi connectivity index (χ3v) is 2.85. The Bertz CT molecular complexity index is 441. The van der Waals surface area contributed by atoms with Gasteiger partial charge in [0.2, 0.25) is 0 Å². The average Bonchev–Trinajstić information content (AvgIpc) is 2.74. The van der Waals surface area contributed by atoms with Crippen LogP contribution in [0.1, 0.15) is 17.4 Å². The first-order chi connectivity index (χ1) is 7.79. The number of rotatable bonds is 4. The zero-order valence-corrected chi connectivity index (χ0v) is 10.3. The van der Waals surface area contributed by atoms with Gasteiger partial charge in [-0.3, -0.25) is 5.84 Å². The Kier molecular flexibility index (Phi) is 3.77. The second-order valence-corrected chi connectivity index (χ2v) is 4.33. The Morgan fingerprint density at radius 1 is 1.19 bits per heavy atom. The summed E-state index contributed by atoms with van der Waals surface area (Å²) in [6, 6.07) is 13.9. The van der Waals surface area contributed by atoms with E-state index in [4.69, 9.17) is 10.3 Å². The summed E-state index contributed by atoms with van der Waals surface area (Å²) in [5, 5.41) is 0. The molecule has 4 heteroatoms. The van der Waals surface area contributed by atoms with Gasteiger partial charge in [-0.05, 0) is 40.0 Å². The Morgan fingerprint density at radius 2 is 1.94 bits per heavy atom. The van der Waals surface area contributed by atoms with E-state index in [1.807, 2.05) is 30.3 Å². The Hall–Kier alpha value is -1.10. The molecule has 3 nitrogen and oxygen atoms in total. The molecule has 0 saturated carbocycles. The molecule has 0 aliphatic heterocycles. The highest BCUT2D eigenvalue weighted by Crippen LogP contribution is 2.22. The standard InChI is InChI=1S/C12H13BrN2O/c13-12-7-6-11(16-12)10(15-14)8-9-4-2-1-3-5-9/h1-7,10,15H,8,14H2. The number of hydrogen-bond donors (Lipinski definition) is 2. The van der Waals surface area contributed by atoms with Crippen molar-refractivity contribution in [2.24, 2.45) is 5.84 Å². The van der Waals surface area contributed by atoms with E-state index < -0.39 is 0 Å². The predicted molar refractivity (Wildman–Crippen MR) is 66.6 cm³/mol. The van der Waals surface area contributed by atoms with E-state index in [1.54, 1.807) is 0 Å². The number of halogens is 1. The highest BCUT2D eigenvalue weighted by Gasteiger charge is 2.14. The number of hydrogen-bond acceptors (Lipinski definition) is 3. The van der Waals surface area contributed by atoms with Crippen molar-refractivity contribution in [2.75, 3.05) is 0 Å². The first-order valence-electron chi connectivity index (χ1n) is 5.05. The normalized spacial score (nSPS) is 12.6. The molecule has 16 heavy (non-hydrogen) atoms. The van der Waals surface area contributed by atoms with Crippen LogP contribution >= 0.6 is 15.9 Å². The van der Waals surface area contributed by atoms with Gasteiger partial charge in [0.25, 0.3) is 0 Å². The molecule has 2 aromatic rings. The molecule has 0 amide bonds. The third-order valence-electron chi connectivity index (χ3n) is 2.42. The molecule has 1 unspecified atom stereocenters. The predicted octanol–water partition coefficient (Wildman–Crippen LogP) is 2.79. The first kappa shape index (κ1) is 11.4. The lowest BCUT2D eigenvalue weighted by Crippen LogP contribution is -2.29. The number of hydrazine groups is 1. The zero-order chi connectivity index (χ0) is 11.4. The number of benzene rings is 1. The van der Waals surface area contributed by atoms with Gasteiger partial charge in [-0.25, -0.2) is 5.43 Å². The van der Waals surface area contributed by atoms with Crippen molar-refractivity contribution in [3.63, 3.8) is 0 Å². The lowest BCUT2D eigenvalue weighted by Gasteiger charge is -2.13. The van der Waals surface area contributed by atoms with E-state index in [2.05, 4.69) is 33.5 Å². The van der Waals surface area contributed by atoms with Gasteiger partial charge in [-0.1, -0.05) is 30.3 Å². The maximum absolute atomic E-state index is 5.54. The molecule has 1 atom stereocenters. The molecule has 0 fully saturated rings. The summed E-state index contributed by atoms with van der Waals surface area (Å²) >= 11 is 3.28. The van der Waals surface area contributed by atoms with Crippen molar-refractivity contribution in [2.45, 2.75) is 12.5 Å². The molecule has 1 heterocycles. The SMILES string of the molecule is NNC(Cc1ccccc1)c1ccc(Br)o1. The fraction of sp³-hybridized carbons (Fsp3) is 0.167. The highest BCUT2D eigenvalue weighted by molar-refractivity contribution is 9.10. The van der Waals surface area contributed by atoms with E-state index in [-0.39, 0.29) is 6.04 Å². The van der Waals surface area contributed by atoms with Crippen LogP contribution in [-0.2, 0) is 6.42 Å². The van der Waals surface area contributed by atoms with Gasteiger partial charge in [0.15, 0.2) is 4.67 Å². The molecule has 0 radical (unpaired) electrons. The minimum atomic E-state index is -0.00583. The third kappa shape index (κ3) is 2.72. The fourth-order valence-electron chi connectivity index (χ4n) is 1.61. The molecule has 0 bridgehead atoms. The summed E-state index contributed by atoms with van der Waals surface area (Å²) in [4.78, 5) is 0. The second-order valence-electron chi connectivity index (χ2n) is 3.55. The molecular weight excluding hydrogens is 268 g/mol. The molecule has 0 spiro atoms. The zero-order valence-electron chi connectivity index (χ0n) is 8.69. The lowest BCUT2D eigenvalue weighted by atomic mass is 10.0. The summed E-state index contributed by atoms with van der Waals surface area (Å²) in [7, 11) is 0. The summed E-state index contributed by atoms with van der Waals surface area (Å²) in [5.41, 5.74) is 3.99. The van der Waals surface area contributed by atoms with Crippen LogP contribution in [0.15, 0.2) is 51.6 Å². The second kappa shape index (κ2) is 5.30. The Labute approximate surface area is 103 Å². The summed E-state index contributed by atoms with van der Waals surface area (Å²) < 4.78 is 6.20. The van der Waals surface area contributed by atoms with Crippen LogP contribution in [0.5, 0.6) is 0 Å². The van der Waals surface area contributed by atoms with Crippen LogP contribution in [0.3, 0.4) is 0 Å². The molecule has 84 valence electrons. The van der Waals surface area contributed by atoms with Crippen molar-refractivity contribution in [1.29, 1.82) is 0 Å². The van der Waals surface area contributed by atoms with Crippen LogP contribution in [-0.4, -0.2) is 0 Å². The molecular formula is C12H13BrN2O. The van der Waals surface area contributed by atoms with Gasteiger partial charge < -0.3 is 4.42 Å². The maximum atomic E-state index is 5.54. The topological polar surface area (TPSA) is 51.2 Å². The lowest BCUT2D eigenvalue weighted by molar-refractivity contribution is 0.404. The van der Waals surface area contributed by atoms with E-state index >= 15 is 0 Å². The minimum absolute atomic E-state index is 0.00583. The van der Waals surface area contributed by atoms with Gasteiger partial charge >= 0.3 is 0 Å². The monoisotopic (exact) mass is 280 g/mol. The van der Waals surface area contributed by atoms with Crippen molar-refractivity contribution in [3.8, 4) is 0 Å². The van der Waals surface area contributed by atoms with E-state index in [0.717, 1.165) is 16.9 Å². The summed E-state index contributed by atoms with van der Waals surface area (Å²) in [6.45, 7) is 0. The highest BCUT2D eigenvalue weighted by atomic mass is 79.9. The van der Waals surface area contributed by atoms with E-state index in [0.29, 0.717) is 0 Å². The average molecular weight is 281 g/mol. The maximum Gasteiger partial charge on any atom is 0.169 e. The van der Waals surface area contributed by atoms with Crippen molar-refractivity contribution in [3.05, 3.63) is 58.5 Å². The smallest absolute Gasteiger partial charge is 0.169 e. The number of nitrogens with two attached hydrogens (primary N) is 1. The molecule has 1 aromatic carbocycles. The quantitative estimate of drug-likeness (QED) is 0.669. The van der Waals surface area contributed by atoms with E-state index in [1.165, 1.54) is 5.56 Å². The van der Waals surface area contributed by atoms with Gasteiger partial charge in [0.05, 0.1) is 6.04 Å². The van der Waals surface area contributed by atoms with Crippen LogP contribution in [0.4, 0.5) is 0 Å². The largest absolute Gasteiger partial charge is 0.453 e. The molecule has 0 aliphatic rings. The van der Waals surface area contributed by atoms with Crippen molar-refractivity contribution < 1.29 is 4.42 Å². The van der Waals surface area contributed by atoms with E-state index in [9.17, 15) is 0 Å². The van der Waals surface area contributed by atoms with Crippen molar-refractivity contribution >= 4 is 15.9 Å². The van der Waals surface area contributed by atoms with Crippen LogP contribution in [0.2, 0.25) is 0 Å². The summed E-state index contributed by atoms with van der Waals surface area (Å²) in [6.07, 6.45) is 0.803. The van der Waals surface area contributed by atoms with Gasteiger partial charge in [-0.15, -0.1) is 0 Å². The van der Waals surface area contributed by atoms with Crippen molar-refractivity contribution in [1.82, 2.24) is 5.43 Å². The first-order valence-corrected chi connectivity index (χ1v) is 5.84. The Balaban J connectivity index is 2.12. The van der Waals surface area contributed by atoms with Gasteiger partial charge in [0.1, 0.15) is 5.76 Å². The minimum Gasteiger partial charge on any atom is -0.453 e. The fourth-order valence-corrected chi connectivity index (χ4v) is 1.93. The van der Waals surface area contributed by atoms with Gasteiger partial charge in [0, 0.05) is 0 Å². The Morgan fingerprint density at radius 3 is 2.50 bits per heavy atom. The van der Waals surface area contributed by atoms with Crippen LogP contribution < -0.4 is 11.3 Å². The number of nitrogens with one attached hydrogen (secondary N) is 1. The molecule has 0 saturated heterocycles.